The maximum absolute atomic E-state index is 13.1. The Morgan fingerprint density at radius 1 is 1.00 bits per heavy atom. The highest BCUT2D eigenvalue weighted by Gasteiger charge is 2.23. The molecule has 0 aromatic heterocycles. The van der Waals surface area contributed by atoms with Gasteiger partial charge in [-0.05, 0) is 56.2 Å². The summed E-state index contributed by atoms with van der Waals surface area (Å²) < 4.78 is 41.0. The van der Waals surface area contributed by atoms with Crippen LogP contribution in [-0.2, 0) is 14.8 Å². The maximum atomic E-state index is 13.1. The van der Waals surface area contributed by atoms with Gasteiger partial charge in [0, 0.05) is 44.8 Å². The fourth-order valence-electron chi connectivity index (χ4n) is 3.98. The number of nitrogens with zero attached hydrogens (tertiary/aromatic N) is 2. The summed E-state index contributed by atoms with van der Waals surface area (Å²) in [4.78, 5) is 16.6. The van der Waals surface area contributed by atoms with Gasteiger partial charge in [0.1, 0.15) is 5.82 Å². The average Bonchev–Trinajstić information content (AvgIpc) is 2.67. The number of carbonyl (C=O) groups excluding carboxylic acids is 1. The summed E-state index contributed by atoms with van der Waals surface area (Å²) in [6.45, 7) is 7.97. The van der Waals surface area contributed by atoms with Gasteiger partial charge < -0.3 is 9.80 Å². The molecule has 1 N–H and O–H groups in total. The molecular formula is C22H28FN3O3S. The van der Waals surface area contributed by atoms with Crippen molar-refractivity contribution >= 4 is 21.6 Å². The Labute approximate surface area is 177 Å². The maximum Gasteiger partial charge on any atom is 0.241 e. The number of aryl methyl sites for hydroxylation is 3. The number of halogens is 1. The molecule has 0 radical (unpaired) electrons. The van der Waals surface area contributed by atoms with Crippen molar-refractivity contribution in [3.63, 3.8) is 0 Å². The van der Waals surface area contributed by atoms with E-state index in [9.17, 15) is 17.6 Å². The van der Waals surface area contributed by atoms with E-state index in [1.54, 1.807) is 30.9 Å². The molecule has 0 spiro atoms. The van der Waals surface area contributed by atoms with E-state index in [1.165, 1.54) is 12.1 Å². The van der Waals surface area contributed by atoms with Crippen molar-refractivity contribution in [2.24, 2.45) is 0 Å². The second kappa shape index (κ2) is 9.14. The van der Waals surface area contributed by atoms with Gasteiger partial charge in [0.25, 0.3) is 0 Å². The normalized spacial score (nSPS) is 14.8. The first-order valence-corrected chi connectivity index (χ1v) is 11.5. The zero-order chi connectivity index (χ0) is 21.9. The smallest absolute Gasteiger partial charge is 0.241 e. The molecule has 1 fully saturated rings. The average molecular weight is 434 g/mol. The van der Waals surface area contributed by atoms with Crippen LogP contribution < -0.4 is 9.62 Å². The van der Waals surface area contributed by atoms with Crippen LogP contribution in [0.2, 0.25) is 0 Å². The van der Waals surface area contributed by atoms with Crippen molar-refractivity contribution in [2.75, 3.05) is 37.6 Å². The van der Waals surface area contributed by atoms with Crippen molar-refractivity contribution in [3.05, 3.63) is 58.9 Å². The Balaban J connectivity index is 1.51. The lowest BCUT2D eigenvalue weighted by Gasteiger charge is -2.36. The lowest BCUT2D eigenvalue weighted by atomic mass is 10.1. The SMILES string of the molecule is Cc1cc(C)c(S(=O)(=O)NCCC(=O)N2CCN(c3ccc(F)cc3)CC2)c(C)c1. The number of amides is 1. The van der Waals surface area contributed by atoms with Crippen molar-refractivity contribution < 1.29 is 17.6 Å². The Bertz CT molecular complexity index is 991. The van der Waals surface area contributed by atoms with Gasteiger partial charge in [-0.25, -0.2) is 17.5 Å². The molecule has 0 atom stereocenters. The first-order chi connectivity index (χ1) is 14.2. The molecular weight excluding hydrogens is 405 g/mol. The monoisotopic (exact) mass is 433 g/mol. The Morgan fingerprint density at radius 3 is 2.13 bits per heavy atom. The quantitative estimate of drug-likeness (QED) is 0.761. The molecule has 1 aliphatic heterocycles. The van der Waals surface area contributed by atoms with E-state index in [2.05, 4.69) is 9.62 Å². The molecule has 3 rings (SSSR count). The minimum atomic E-state index is -3.67. The summed E-state index contributed by atoms with van der Waals surface area (Å²) in [5, 5.41) is 0. The molecule has 162 valence electrons. The molecule has 0 bridgehead atoms. The van der Waals surface area contributed by atoms with E-state index < -0.39 is 10.0 Å². The van der Waals surface area contributed by atoms with Crippen LogP contribution in [0.4, 0.5) is 10.1 Å². The van der Waals surface area contributed by atoms with E-state index >= 15 is 0 Å². The largest absolute Gasteiger partial charge is 0.368 e. The number of sulfonamides is 1. The summed E-state index contributed by atoms with van der Waals surface area (Å²) in [5.74, 6) is -0.347. The Kier molecular flexibility index (Phi) is 6.77. The van der Waals surface area contributed by atoms with Crippen LogP contribution in [0, 0.1) is 26.6 Å². The van der Waals surface area contributed by atoms with Crippen LogP contribution in [0.1, 0.15) is 23.1 Å². The van der Waals surface area contributed by atoms with E-state index in [1.807, 2.05) is 19.1 Å². The van der Waals surface area contributed by atoms with Crippen LogP contribution >= 0.6 is 0 Å². The van der Waals surface area contributed by atoms with Gasteiger partial charge >= 0.3 is 0 Å². The van der Waals surface area contributed by atoms with Crippen molar-refractivity contribution in [1.82, 2.24) is 9.62 Å². The van der Waals surface area contributed by atoms with Crippen LogP contribution in [0.15, 0.2) is 41.3 Å². The van der Waals surface area contributed by atoms with Gasteiger partial charge in [-0.3, -0.25) is 4.79 Å². The number of carbonyl (C=O) groups is 1. The predicted octanol–water partition coefficient (Wildman–Crippen LogP) is 2.77. The molecule has 8 heteroatoms. The summed E-state index contributed by atoms with van der Waals surface area (Å²) in [6.07, 6.45) is 0.111. The molecule has 30 heavy (non-hydrogen) atoms. The number of piperazine rings is 1. The fourth-order valence-corrected chi connectivity index (χ4v) is 5.46. The van der Waals surface area contributed by atoms with Gasteiger partial charge in [0.05, 0.1) is 4.90 Å². The highest BCUT2D eigenvalue weighted by atomic mass is 32.2. The lowest BCUT2D eigenvalue weighted by Crippen LogP contribution is -2.49. The minimum absolute atomic E-state index is 0.0616. The molecule has 1 heterocycles. The van der Waals surface area contributed by atoms with Crippen LogP contribution in [0.25, 0.3) is 0 Å². The molecule has 0 aliphatic carbocycles. The summed E-state index contributed by atoms with van der Waals surface area (Å²) in [7, 11) is -3.67. The number of rotatable bonds is 6. The van der Waals surface area contributed by atoms with Crippen molar-refractivity contribution in [2.45, 2.75) is 32.1 Å². The lowest BCUT2D eigenvalue weighted by molar-refractivity contribution is -0.131. The number of hydrogen-bond acceptors (Lipinski definition) is 4. The third-order valence-electron chi connectivity index (χ3n) is 5.33. The highest BCUT2D eigenvalue weighted by molar-refractivity contribution is 7.89. The Hall–Kier alpha value is -2.45. The minimum Gasteiger partial charge on any atom is -0.368 e. The van der Waals surface area contributed by atoms with Crippen molar-refractivity contribution in [1.29, 1.82) is 0 Å². The molecule has 1 amide bonds. The van der Waals surface area contributed by atoms with Gasteiger partial charge in [-0.15, -0.1) is 0 Å². The van der Waals surface area contributed by atoms with Gasteiger partial charge in [0.15, 0.2) is 0 Å². The van der Waals surface area contributed by atoms with Gasteiger partial charge in [-0.1, -0.05) is 17.7 Å². The first kappa shape index (κ1) is 22.2. The van der Waals surface area contributed by atoms with E-state index in [0.717, 1.165) is 11.3 Å². The van der Waals surface area contributed by atoms with Crippen LogP contribution in [-0.4, -0.2) is 51.9 Å². The molecule has 6 nitrogen and oxygen atoms in total. The molecule has 2 aromatic carbocycles. The molecule has 0 saturated carbocycles. The van der Waals surface area contributed by atoms with Gasteiger partial charge in [-0.2, -0.15) is 0 Å². The molecule has 1 saturated heterocycles. The van der Waals surface area contributed by atoms with Crippen molar-refractivity contribution in [3.8, 4) is 0 Å². The third-order valence-corrected chi connectivity index (χ3v) is 7.09. The Morgan fingerprint density at radius 2 is 1.57 bits per heavy atom. The third kappa shape index (κ3) is 5.17. The standard InChI is InChI=1S/C22H28FN3O3S/c1-16-14-17(2)22(18(3)15-16)30(28,29)24-9-8-21(27)26-12-10-25(11-13-26)20-6-4-19(23)5-7-20/h4-7,14-15,24H,8-13H2,1-3H3. The molecule has 2 aromatic rings. The number of nitrogens with one attached hydrogen (secondary N) is 1. The first-order valence-electron chi connectivity index (χ1n) is 10.0. The zero-order valence-corrected chi connectivity index (χ0v) is 18.4. The molecule has 0 unspecified atom stereocenters. The zero-order valence-electron chi connectivity index (χ0n) is 17.6. The predicted molar refractivity (Wildman–Crippen MR) is 116 cm³/mol. The summed E-state index contributed by atoms with van der Waals surface area (Å²) in [5.41, 5.74) is 3.34. The summed E-state index contributed by atoms with van der Waals surface area (Å²) in [6, 6.07) is 10.0. The highest BCUT2D eigenvalue weighted by Crippen LogP contribution is 2.21. The summed E-state index contributed by atoms with van der Waals surface area (Å²) >= 11 is 0. The fraction of sp³-hybridized carbons (Fsp3) is 0.409. The van der Waals surface area contributed by atoms with Gasteiger partial charge in [0.2, 0.25) is 15.9 Å². The van der Waals surface area contributed by atoms with E-state index in [0.29, 0.717) is 37.3 Å². The second-order valence-electron chi connectivity index (χ2n) is 7.72. The van der Waals surface area contributed by atoms with Crippen LogP contribution in [0.5, 0.6) is 0 Å². The molecule has 1 aliphatic rings. The van der Waals surface area contributed by atoms with Crippen LogP contribution in [0.3, 0.4) is 0 Å². The topological polar surface area (TPSA) is 69.7 Å². The number of hydrogen-bond donors (Lipinski definition) is 1. The number of anilines is 1. The second-order valence-corrected chi connectivity index (χ2v) is 9.42. The van der Waals surface area contributed by atoms with E-state index in [-0.39, 0.29) is 29.6 Å². The number of benzene rings is 2. The van der Waals surface area contributed by atoms with E-state index in [4.69, 9.17) is 0 Å².